The number of para-hydroxylation sites is 1. The van der Waals surface area contributed by atoms with E-state index in [2.05, 4.69) is 4.18 Å². The Morgan fingerprint density at radius 3 is 2.22 bits per heavy atom. The van der Waals surface area contributed by atoms with Crippen molar-refractivity contribution in [1.82, 2.24) is 4.31 Å². The molecule has 156 valence electrons. The molecular weight excluding hydrogens is 372 g/mol. The summed E-state index contributed by atoms with van der Waals surface area (Å²) in [6.45, 7) is 7.32. The van der Waals surface area contributed by atoms with Crippen LogP contribution in [-0.4, -0.2) is 50.3 Å². The molecule has 0 heterocycles. The smallest absolute Gasteiger partial charge is 0.389 e. The number of carbonyl (C=O) groups is 1. The Balaban J connectivity index is 0.000000621. The maximum absolute atomic E-state index is 11.6. The second-order valence-electron chi connectivity index (χ2n) is 5.94. The molecule has 1 aromatic rings. The number of aliphatic hydroxyl groups is 1. The largest absolute Gasteiger partial charge is 0.398 e. The fraction of sp³-hybridized carbons (Fsp3) is 0.611. The molecule has 0 bridgehead atoms. The zero-order valence-electron chi connectivity index (χ0n) is 16.6. The Kier molecular flexibility index (Phi) is 12.6. The van der Waals surface area contributed by atoms with Gasteiger partial charge < -0.3 is 19.8 Å². The summed E-state index contributed by atoms with van der Waals surface area (Å²) in [6.07, 6.45) is 2.34. The van der Waals surface area contributed by atoms with Gasteiger partial charge in [-0.1, -0.05) is 38.5 Å². The van der Waals surface area contributed by atoms with E-state index in [9.17, 15) is 13.2 Å². The summed E-state index contributed by atoms with van der Waals surface area (Å²) < 4.78 is 33.6. The highest BCUT2D eigenvalue weighted by Crippen LogP contribution is 2.13. The SMILES string of the molecule is CCCCOCN(CCC)S(=O)(=O)OC(=O)CO.Cc1cccc(C)c1N. The van der Waals surface area contributed by atoms with Crippen LogP contribution < -0.4 is 5.73 Å². The Bertz CT molecular complexity index is 644. The number of hydrogen-bond donors (Lipinski definition) is 2. The Labute approximate surface area is 162 Å². The molecule has 8 nitrogen and oxygen atoms in total. The molecule has 0 unspecified atom stereocenters. The highest BCUT2D eigenvalue weighted by molar-refractivity contribution is 7.84. The van der Waals surface area contributed by atoms with Crippen molar-refractivity contribution < 1.29 is 27.2 Å². The number of nitrogens with zero attached hydrogens (tertiary/aromatic N) is 1. The van der Waals surface area contributed by atoms with E-state index >= 15 is 0 Å². The normalized spacial score (nSPS) is 11.0. The fourth-order valence-corrected chi connectivity index (χ4v) is 2.93. The lowest BCUT2D eigenvalue weighted by molar-refractivity contribution is -0.137. The van der Waals surface area contributed by atoms with Gasteiger partial charge in [-0.15, -0.1) is 4.31 Å². The van der Waals surface area contributed by atoms with Crippen LogP contribution in [0.2, 0.25) is 0 Å². The number of ether oxygens (including phenoxy) is 1. The lowest BCUT2D eigenvalue weighted by Gasteiger charge is -2.19. The average molecular weight is 405 g/mol. The lowest BCUT2D eigenvalue weighted by atomic mass is 10.1. The van der Waals surface area contributed by atoms with Crippen LogP contribution in [0, 0.1) is 13.8 Å². The zero-order chi connectivity index (χ0) is 20.9. The van der Waals surface area contributed by atoms with Crippen molar-refractivity contribution in [3.63, 3.8) is 0 Å². The Morgan fingerprint density at radius 1 is 1.19 bits per heavy atom. The summed E-state index contributed by atoms with van der Waals surface area (Å²) in [4.78, 5) is 10.8. The molecule has 0 saturated carbocycles. The topological polar surface area (TPSA) is 119 Å². The van der Waals surface area contributed by atoms with E-state index in [-0.39, 0.29) is 13.3 Å². The van der Waals surface area contributed by atoms with Crippen molar-refractivity contribution in [1.29, 1.82) is 0 Å². The molecule has 0 aliphatic rings. The predicted molar refractivity (Wildman–Crippen MR) is 105 cm³/mol. The average Bonchev–Trinajstić information content (AvgIpc) is 2.62. The first-order chi connectivity index (χ1) is 12.7. The summed E-state index contributed by atoms with van der Waals surface area (Å²) >= 11 is 0. The highest BCUT2D eigenvalue weighted by Gasteiger charge is 2.25. The van der Waals surface area contributed by atoms with Crippen LogP contribution >= 0.6 is 0 Å². The third-order valence-corrected chi connectivity index (χ3v) is 4.85. The van der Waals surface area contributed by atoms with Gasteiger partial charge in [-0.2, -0.15) is 8.42 Å². The molecule has 1 aromatic carbocycles. The number of rotatable bonds is 10. The monoisotopic (exact) mass is 404 g/mol. The summed E-state index contributed by atoms with van der Waals surface area (Å²) in [5.41, 5.74) is 8.92. The minimum Gasteiger partial charge on any atom is -0.398 e. The van der Waals surface area contributed by atoms with Gasteiger partial charge in [0.15, 0.2) is 0 Å². The minimum absolute atomic E-state index is 0.158. The van der Waals surface area contributed by atoms with E-state index in [1.807, 2.05) is 39.0 Å². The van der Waals surface area contributed by atoms with Gasteiger partial charge in [0.2, 0.25) is 0 Å². The number of carbonyl (C=O) groups excluding carboxylic acids is 1. The summed E-state index contributed by atoms with van der Waals surface area (Å²) in [6, 6.07) is 6.05. The van der Waals surface area contributed by atoms with Crippen LogP contribution in [0.25, 0.3) is 0 Å². The van der Waals surface area contributed by atoms with Gasteiger partial charge in [0.05, 0.1) is 0 Å². The first-order valence-corrected chi connectivity index (χ1v) is 10.3. The number of hydrogen-bond acceptors (Lipinski definition) is 7. The van der Waals surface area contributed by atoms with E-state index in [0.717, 1.165) is 34.0 Å². The van der Waals surface area contributed by atoms with E-state index in [0.29, 0.717) is 13.0 Å². The highest BCUT2D eigenvalue weighted by atomic mass is 32.2. The first-order valence-electron chi connectivity index (χ1n) is 8.92. The fourth-order valence-electron chi connectivity index (χ4n) is 1.93. The molecule has 9 heteroatoms. The molecule has 0 amide bonds. The zero-order valence-corrected chi connectivity index (χ0v) is 17.4. The molecular formula is C18H32N2O6S. The van der Waals surface area contributed by atoms with Crippen LogP contribution in [0.1, 0.15) is 44.2 Å². The maximum atomic E-state index is 11.6. The van der Waals surface area contributed by atoms with Crippen LogP contribution in [0.15, 0.2) is 18.2 Å². The van der Waals surface area contributed by atoms with Gasteiger partial charge in [-0.25, -0.2) is 4.79 Å². The summed E-state index contributed by atoms with van der Waals surface area (Å²) in [5.74, 6) is -1.20. The number of aliphatic hydroxyl groups excluding tert-OH is 1. The Morgan fingerprint density at radius 2 is 1.78 bits per heavy atom. The first kappa shape index (κ1) is 25.3. The second kappa shape index (κ2) is 13.5. The number of anilines is 1. The molecule has 0 spiro atoms. The van der Waals surface area contributed by atoms with Crippen molar-refractivity contribution in [2.45, 2.75) is 47.0 Å². The van der Waals surface area contributed by atoms with E-state index in [4.69, 9.17) is 15.6 Å². The number of nitrogens with two attached hydrogens (primary N) is 1. The molecule has 1 rings (SSSR count). The number of nitrogen functional groups attached to an aromatic ring is 1. The molecule has 0 radical (unpaired) electrons. The molecule has 0 saturated heterocycles. The third kappa shape index (κ3) is 10.3. The van der Waals surface area contributed by atoms with Gasteiger partial charge in [0.25, 0.3) is 0 Å². The minimum atomic E-state index is -4.18. The molecule has 27 heavy (non-hydrogen) atoms. The third-order valence-electron chi connectivity index (χ3n) is 3.54. The van der Waals surface area contributed by atoms with Crippen molar-refractivity contribution in [3.05, 3.63) is 29.3 Å². The van der Waals surface area contributed by atoms with Gasteiger partial charge >= 0.3 is 16.3 Å². The molecule has 0 aliphatic carbocycles. The molecule has 0 aromatic heterocycles. The van der Waals surface area contributed by atoms with E-state index in [1.165, 1.54) is 0 Å². The number of benzene rings is 1. The summed E-state index contributed by atoms with van der Waals surface area (Å²) in [5, 5.41) is 8.47. The van der Waals surface area contributed by atoms with Gasteiger partial charge in [-0.05, 0) is 37.8 Å². The van der Waals surface area contributed by atoms with Crippen molar-refractivity contribution in [2.75, 3.05) is 32.2 Å². The Hall–Kier alpha value is -1.68. The van der Waals surface area contributed by atoms with Gasteiger partial charge in [0.1, 0.15) is 13.3 Å². The molecule has 0 atom stereocenters. The number of unbranched alkanes of at least 4 members (excludes halogenated alkanes) is 1. The molecule has 0 fully saturated rings. The quantitative estimate of drug-likeness (QED) is 0.348. The van der Waals surface area contributed by atoms with Gasteiger partial charge in [0, 0.05) is 18.8 Å². The van der Waals surface area contributed by atoms with Crippen molar-refractivity contribution in [2.24, 2.45) is 0 Å². The van der Waals surface area contributed by atoms with E-state index in [1.54, 1.807) is 6.92 Å². The van der Waals surface area contributed by atoms with Crippen molar-refractivity contribution >= 4 is 22.0 Å². The van der Waals surface area contributed by atoms with E-state index < -0.39 is 22.9 Å². The molecule has 3 N–H and O–H groups in total. The van der Waals surface area contributed by atoms with Gasteiger partial charge in [-0.3, -0.25) is 0 Å². The van der Waals surface area contributed by atoms with Crippen LogP contribution in [-0.2, 0) is 24.0 Å². The second-order valence-corrected chi connectivity index (χ2v) is 7.48. The van der Waals surface area contributed by atoms with Crippen LogP contribution in [0.4, 0.5) is 5.69 Å². The maximum Gasteiger partial charge on any atom is 0.389 e. The molecule has 0 aliphatic heterocycles. The predicted octanol–water partition coefficient (Wildman–Crippen LogP) is 2.14. The van der Waals surface area contributed by atoms with Crippen LogP contribution in [0.3, 0.4) is 0 Å². The standard InChI is InChI=1S/C10H21NO6S.C8H11N/c1-3-5-7-16-9-11(6-4-2)18(14,15)17-10(13)8-12;1-6-4-3-5-7(2)8(6)9/h12H,3-9H2,1-2H3;3-5H,9H2,1-2H3. The number of aryl methyl sites for hydroxylation is 2. The van der Waals surface area contributed by atoms with Crippen LogP contribution in [0.5, 0.6) is 0 Å². The summed E-state index contributed by atoms with van der Waals surface area (Å²) in [7, 11) is -4.18. The van der Waals surface area contributed by atoms with Crippen molar-refractivity contribution in [3.8, 4) is 0 Å². The lowest BCUT2D eigenvalue weighted by Crippen LogP contribution is -2.37.